The molecule has 0 saturated heterocycles. The average molecular weight is 440 g/mol. The van der Waals surface area contributed by atoms with E-state index in [-0.39, 0.29) is 0 Å². The second kappa shape index (κ2) is 15.0. The molecular weight excluding hydrogens is 432 g/mol. The highest BCUT2D eigenvalue weighted by Gasteiger charge is 1.76. The molecule has 4 bridgehead atoms. The van der Waals surface area contributed by atoms with Crippen LogP contribution < -0.4 is 20.9 Å². The van der Waals surface area contributed by atoms with Gasteiger partial charge in [-0.1, -0.05) is 22.9 Å². The van der Waals surface area contributed by atoms with Gasteiger partial charge in [-0.05, 0) is 163 Å². The standard InChI is InChI=1S/C36H8/c1-2-6-10-14-18-22-34-29-31-36(32-30-34)24-20-16-12-8-4-3-7-11-15-19-23-35-27-25-33(26-28-35)21-17-13-9-5-1/h25-32H. The zero-order valence-electron chi connectivity index (χ0n) is 18.6. The van der Waals surface area contributed by atoms with Crippen molar-refractivity contribution in [2.75, 3.05) is 0 Å². The van der Waals surface area contributed by atoms with Crippen LogP contribution in [-0.2, 0) is 0 Å². The van der Waals surface area contributed by atoms with Crippen LogP contribution in [0.25, 0.3) is 22.9 Å². The highest BCUT2D eigenvalue weighted by atomic mass is 13.8. The summed E-state index contributed by atoms with van der Waals surface area (Å²) in [6.07, 6.45) is 0. The summed E-state index contributed by atoms with van der Waals surface area (Å²) >= 11 is 0. The lowest BCUT2D eigenvalue weighted by Gasteiger charge is -1.78. The minimum absolute atomic E-state index is 0.811. The molecule has 0 aromatic heterocycles. The van der Waals surface area contributed by atoms with Gasteiger partial charge in [0, 0.05) is 20.9 Å². The number of benzene rings is 2. The SMILES string of the molecule is C1=C=C=C=C=C=C=c2ccc(cc2)=C=C=C=C=C=C=C=C=C=C=C=C=c2ccc(cc2)=C=C=C=C=C=1. The molecule has 0 nitrogen and oxygen atoms in total. The molecule has 0 aliphatic heterocycles. The first-order valence-electron chi connectivity index (χ1n) is 10.1. The Kier molecular flexibility index (Phi) is 9.95. The van der Waals surface area contributed by atoms with Crippen LogP contribution in [0.4, 0.5) is 0 Å². The first kappa shape index (κ1) is 23.8. The molecule has 0 heterocycles. The molecule has 0 amide bonds. The van der Waals surface area contributed by atoms with Crippen LogP contribution >= 0.6 is 0 Å². The van der Waals surface area contributed by atoms with E-state index in [1.54, 1.807) is 0 Å². The van der Waals surface area contributed by atoms with E-state index in [9.17, 15) is 0 Å². The van der Waals surface area contributed by atoms with E-state index < -0.39 is 0 Å². The van der Waals surface area contributed by atoms with Crippen LogP contribution in [0, 0.1) is 0 Å². The lowest BCUT2D eigenvalue weighted by molar-refractivity contribution is 1.56. The Bertz CT molecular complexity index is 2000. The Labute approximate surface area is 206 Å². The van der Waals surface area contributed by atoms with E-state index in [0.717, 1.165) is 20.9 Å². The molecule has 2 aromatic rings. The zero-order chi connectivity index (χ0) is 24.9. The second-order valence-electron chi connectivity index (χ2n) is 6.15. The third-order valence-electron chi connectivity index (χ3n) is 3.72. The molecule has 0 atom stereocenters. The molecular formula is C36H8. The molecule has 6 rings (SSSR count). The highest BCUT2D eigenvalue weighted by Crippen LogP contribution is 1.69. The van der Waals surface area contributed by atoms with Crippen LogP contribution in [0.15, 0.2) is 163 Å². The minimum Gasteiger partial charge on any atom is -0.0528 e. The summed E-state index contributed by atoms with van der Waals surface area (Å²) in [5, 5.41) is 3.24. The van der Waals surface area contributed by atoms with E-state index >= 15 is 0 Å². The predicted octanol–water partition coefficient (Wildman–Crippen LogP) is 3.13. The van der Waals surface area contributed by atoms with Crippen LogP contribution in [0.1, 0.15) is 0 Å². The number of rotatable bonds is 0. The van der Waals surface area contributed by atoms with Gasteiger partial charge in [-0.25, -0.2) is 0 Å². The third-order valence-corrected chi connectivity index (χ3v) is 3.72. The van der Waals surface area contributed by atoms with Crippen molar-refractivity contribution in [2.24, 2.45) is 0 Å². The van der Waals surface area contributed by atoms with Gasteiger partial charge in [-0.2, -0.15) is 0 Å². The highest BCUT2D eigenvalue weighted by molar-refractivity contribution is 5.27. The fourth-order valence-electron chi connectivity index (χ4n) is 2.19. The first-order valence-corrected chi connectivity index (χ1v) is 10.1. The van der Waals surface area contributed by atoms with Gasteiger partial charge in [0.15, 0.2) is 0 Å². The van der Waals surface area contributed by atoms with E-state index in [1.807, 2.05) is 48.5 Å². The number of hydrogen-bond donors (Lipinski definition) is 0. The zero-order valence-corrected chi connectivity index (χ0v) is 18.6. The van der Waals surface area contributed by atoms with Crippen LogP contribution in [0.2, 0.25) is 0 Å². The van der Waals surface area contributed by atoms with Crippen molar-refractivity contribution < 1.29 is 0 Å². The molecule has 4 aliphatic rings. The van der Waals surface area contributed by atoms with Crippen LogP contribution in [0.5, 0.6) is 0 Å². The monoisotopic (exact) mass is 440 g/mol. The van der Waals surface area contributed by atoms with Gasteiger partial charge in [0.25, 0.3) is 0 Å². The van der Waals surface area contributed by atoms with E-state index in [0.29, 0.717) is 0 Å². The van der Waals surface area contributed by atoms with Crippen molar-refractivity contribution >= 4 is 22.9 Å². The predicted molar refractivity (Wildman–Crippen MR) is 135 cm³/mol. The Morgan fingerprint density at radius 2 is 0.333 bits per heavy atom. The van der Waals surface area contributed by atoms with E-state index in [4.69, 9.17) is 0 Å². The molecule has 0 saturated carbocycles. The lowest BCUT2D eigenvalue weighted by Crippen LogP contribution is -2.03. The normalized spacial score (nSPS) is 9.11. The molecule has 0 unspecified atom stereocenters. The second-order valence-corrected chi connectivity index (χ2v) is 6.15. The van der Waals surface area contributed by atoms with Gasteiger partial charge < -0.3 is 0 Å². The Hall–Kier alpha value is -6.84. The molecule has 36 heavy (non-hydrogen) atoms. The lowest BCUT2D eigenvalue weighted by atomic mass is 10.2. The molecule has 4 aliphatic carbocycles. The summed E-state index contributed by atoms with van der Waals surface area (Å²) in [6.45, 7) is 0. The van der Waals surface area contributed by atoms with Crippen LogP contribution in [-0.4, -0.2) is 0 Å². The first-order chi connectivity index (χ1) is 17.9. The van der Waals surface area contributed by atoms with Gasteiger partial charge in [0.1, 0.15) is 0 Å². The molecule has 152 valence electrons. The van der Waals surface area contributed by atoms with Crippen molar-refractivity contribution in [3.05, 3.63) is 184 Å². The molecule has 0 N–H and O–H groups in total. The summed E-state index contributed by atoms with van der Waals surface area (Å²) < 4.78 is 0. The Morgan fingerprint density at radius 3 is 0.500 bits per heavy atom. The van der Waals surface area contributed by atoms with E-state index in [2.05, 4.69) is 138 Å². The molecule has 0 radical (unpaired) electrons. The Morgan fingerprint density at radius 1 is 0.194 bits per heavy atom. The topological polar surface area (TPSA) is 0 Å². The summed E-state index contributed by atoms with van der Waals surface area (Å²) in [4.78, 5) is 0. The maximum absolute atomic E-state index is 2.93. The average Bonchev–Trinajstić information content (AvgIpc) is 2.91. The summed E-state index contributed by atoms with van der Waals surface area (Å²) in [6, 6.07) is 14.8. The van der Waals surface area contributed by atoms with Gasteiger partial charge in [0.2, 0.25) is 0 Å². The third kappa shape index (κ3) is 9.98. The minimum atomic E-state index is 0.811. The molecule has 2 aromatic carbocycles. The van der Waals surface area contributed by atoms with Crippen molar-refractivity contribution in [1.82, 2.24) is 0 Å². The largest absolute Gasteiger partial charge is 0.0528 e. The Balaban J connectivity index is 2.35. The molecule has 0 fully saturated rings. The maximum Gasteiger partial charge on any atom is 0.0256 e. The van der Waals surface area contributed by atoms with Gasteiger partial charge >= 0.3 is 0 Å². The summed E-state index contributed by atoms with van der Waals surface area (Å²) in [7, 11) is 0. The fraction of sp³-hybridized carbons (Fsp3) is 0. The fourth-order valence-corrected chi connectivity index (χ4v) is 2.19. The summed E-state index contributed by atoms with van der Waals surface area (Å²) in [5.41, 5.74) is 64.6. The maximum atomic E-state index is 2.93. The smallest absolute Gasteiger partial charge is 0.0256 e. The van der Waals surface area contributed by atoms with Crippen molar-refractivity contribution in [2.45, 2.75) is 0 Å². The van der Waals surface area contributed by atoms with Gasteiger partial charge in [-0.3, -0.25) is 0 Å². The van der Waals surface area contributed by atoms with Crippen molar-refractivity contribution in [1.29, 1.82) is 0 Å². The quantitative estimate of drug-likeness (QED) is 0.472. The summed E-state index contributed by atoms with van der Waals surface area (Å²) in [5.74, 6) is 0. The van der Waals surface area contributed by atoms with Gasteiger partial charge in [0.05, 0.1) is 0 Å². The van der Waals surface area contributed by atoms with Gasteiger partial charge in [-0.15, -0.1) is 0 Å². The van der Waals surface area contributed by atoms with E-state index in [1.165, 1.54) is 0 Å². The number of hydrogen-bond acceptors (Lipinski definition) is 0. The molecule has 0 heteroatoms. The van der Waals surface area contributed by atoms with Crippen molar-refractivity contribution in [3.8, 4) is 0 Å². The molecule has 0 spiro atoms. The van der Waals surface area contributed by atoms with Crippen LogP contribution in [0.3, 0.4) is 0 Å². The van der Waals surface area contributed by atoms with Crippen molar-refractivity contribution in [3.63, 3.8) is 0 Å².